The molecule has 4 rings (SSSR count). The van der Waals surface area contributed by atoms with Crippen molar-refractivity contribution in [3.63, 3.8) is 0 Å². The Labute approximate surface area is 194 Å². The van der Waals surface area contributed by atoms with E-state index in [9.17, 15) is 24.6 Å². The third-order valence-corrected chi connectivity index (χ3v) is 5.61. The molecule has 34 heavy (non-hydrogen) atoms. The number of allylic oxidation sites excluding steroid dienone is 1. The minimum absolute atomic E-state index is 0.0247. The molecule has 0 unspecified atom stereocenters. The number of aliphatic carboxylic acids is 1. The van der Waals surface area contributed by atoms with Crippen LogP contribution in [0.1, 0.15) is 22.3 Å². The molecule has 2 heterocycles. The zero-order valence-corrected chi connectivity index (χ0v) is 18.5. The number of hydrogen-bond acceptors (Lipinski definition) is 8. The molecular formula is C24H23NO9. The number of likely N-dealkylation sites (tertiary alicyclic amines) is 1. The summed E-state index contributed by atoms with van der Waals surface area (Å²) < 4.78 is 21.8. The normalized spacial score (nSPS) is 20.1. The Kier molecular flexibility index (Phi) is 6.42. The number of β-amino-alcohol motifs (C(OH)–C–C–N with tert-alkyl or cyclic N) is 1. The van der Waals surface area contributed by atoms with Gasteiger partial charge in [0.1, 0.15) is 29.0 Å². The molecule has 2 atom stereocenters. The summed E-state index contributed by atoms with van der Waals surface area (Å²) in [6.07, 6.45) is 0.638. The molecule has 2 aromatic carbocycles. The van der Waals surface area contributed by atoms with Gasteiger partial charge in [-0.25, -0.2) is 4.79 Å². The van der Waals surface area contributed by atoms with E-state index in [1.807, 2.05) is 0 Å². The maximum absolute atomic E-state index is 12.8. The summed E-state index contributed by atoms with van der Waals surface area (Å²) >= 11 is 0. The van der Waals surface area contributed by atoms with E-state index in [0.29, 0.717) is 22.6 Å². The van der Waals surface area contributed by atoms with Crippen LogP contribution in [-0.2, 0) is 9.59 Å². The lowest BCUT2D eigenvalue weighted by Gasteiger charge is -2.21. The van der Waals surface area contributed by atoms with Gasteiger partial charge in [0.2, 0.25) is 5.78 Å². The van der Waals surface area contributed by atoms with Crippen LogP contribution < -0.4 is 18.9 Å². The van der Waals surface area contributed by atoms with E-state index in [2.05, 4.69) is 0 Å². The smallest absolute Gasteiger partial charge is 0.326 e. The highest BCUT2D eigenvalue weighted by Gasteiger charge is 2.39. The first-order valence-electron chi connectivity index (χ1n) is 10.4. The molecule has 178 valence electrons. The van der Waals surface area contributed by atoms with Crippen LogP contribution in [0.2, 0.25) is 0 Å². The first-order valence-corrected chi connectivity index (χ1v) is 10.4. The van der Waals surface area contributed by atoms with Crippen LogP contribution in [0.15, 0.2) is 42.2 Å². The van der Waals surface area contributed by atoms with Gasteiger partial charge in [-0.05, 0) is 36.4 Å². The summed E-state index contributed by atoms with van der Waals surface area (Å²) in [5.41, 5.74) is 0.932. The predicted molar refractivity (Wildman–Crippen MR) is 118 cm³/mol. The number of ketones is 1. The maximum atomic E-state index is 12.8. The fourth-order valence-corrected chi connectivity index (χ4v) is 3.90. The lowest BCUT2D eigenvalue weighted by Crippen LogP contribution is -2.42. The summed E-state index contributed by atoms with van der Waals surface area (Å²) in [5, 5.41) is 19.0. The monoisotopic (exact) mass is 469 g/mol. The topological polar surface area (TPSA) is 132 Å². The van der Waals surface area contributed by atoms with Crippen molar-refractivity contribution in [3.05, 3.63) is 53.3 Å². The minimum atomic E-state index is -1.18. The Morgan fingerprint density at radius 1 is 1.15 bits per heavy atom. The second-order valence-corrected chi connectivity index (χ2v) is 7.78. The third kappa shape index (κ3) is 4.53. The zero-order chi connectivity index (χ0) is 24.4. The van der Waals surface area contributed by atoms with Gasteiger partial charge >= 0.3 is 5.97 Å². The van der Waals surface area contributed by atoms with E-state index in [1.165, 1.54) is 32.4 Å². The fraction of sp³-hybridized carbons (Fsp3) is 0.292. The fourth-order valence-electron chi connectivity index (χ4n) is 3.90. The number of amides is 1. The predicted octanol–water partition coefficient (Wildman–Crippen LogP) is 1.75. The Morgan fingerprint density at radius 2 is 1.91 bits per heavy atom. The number of fused-ring (bicyclic) bond motifs is 1. The first kappa shape index (κ1) is 23.1. The summed E-state index contributed by atoms with van der Waals surface area (Å²) in [4.78, 5) is 37.6. The van der Waals surface area contributed by atoms with Crippen molar-refractivity contribution >= 4 is 23.7 Å². The van der Waals surface area contributed by atoms with Gasteiger partial charge in [0.05, 0.1) is 25.9 Å². The first-order chi connectivity index (χ1) is 16.3. The molecule has 10 nitrogen and oxygen atoms in total. The number of carbonyl (C=O) groups excluding carboxylic acids is 2. The molecule has 0 radical (unpaired) electrons. The highest BCUT2D eigenvalue weighted by atomic mass is 16.5. The molecule has 10 heteroatoms. The second kappa shape index (κ2) is 9.44. The Bertz CT molecular complexity index is 1170. The van der Waals surface area contributed by atoms with Gasteiger partial charge in [0.15, 0.2) is 12.4 Å². The van der Waals surface area contributed by atoms with Crippen LogP contribution in [-0.4, -0.2) is 72.3 Å². The van der Waals surface area contributed by atoms with Gasteiger partial charge in [0.25, 0.3) is 5.91 Å². The van der Waals surface area contributed by atoms with Crippen LogP contribution in [0.4, 0.5) is 0 Å². The van der Waals surface area contributed by atoms with E-state index >= 15 is 0 Å². The third-order valence-electron chi connectivity index (χ3n) is 5.61. The van der Waals surface area contributed by atoms with Crippen molar-refractivity contribution in [3.8, 4) is 23.0 Å². The van der Waals surface area contributed by atoms with Crippen LogP contribution >= 0.6 is 0 Å². The molecule has 0 spiro atoms. The van der Waals surface area contributed by atoms with E-state index in [4.69, 9.17) is 18.9 Å². The summed E-state index contributed by atoms with van der Waals surface area (Å²) in [5.74, 6) is -0.312. The van der Waals surface area contributed by atoms with Crippen LogP contribution in [0.5, 0.6) is 23.0 Å². The Balaban J connectivity index is 1.47. The van der Waals surface area contributed by atoms with Crippen LogP contribution in [0.3, 0.4) is 0 Å². The Hall–Kier alpha value is -4.05. The number of carboxylic acids is 1. The van der Waals surface area contributed by atoms with Crippen molar-refractivity contribution in [2.75, 3.05) is 27.4 Å². The molecule has 1 fully saturated rings. The molecule has 1 saturated heterocycles. The maximum Gasteiger partial charge on any atom is 0.326 e. The molecule has 0 aliphatic carbocycles. The number of Topliss-reactive ketones (excluding diaryl/α,β-unsaturated/α-hetero) is 1. The molecule has 1 amide bonds. The standard InChI is InChI=1S/C24H23NO9/c1-31-15-4-6-19(32-2)13(7-15)8-21-23(28)17-5-3-16(10-20(17)34-21)33-12-22(27)25-11-14(26)9-18(25)24(29)30/h3-8,10,14,18,26H,9,11-12H2,1-2H3,(H,29,30)/t14-,18-/m0/s1. The number of benzene rings is 2. The number of carbonyl (C=O) groups is 3. The average Bonchev–Trinajstić information content (AvgIpc) is 3.37. The van der Waals surface area contributed by atoms with Crippen molar-refractivity contribution in [1.82, 2.24) is 4.90 Å². The molecule has 0 aromatic heterocycles. The van der Waals surface area contributed by atoms with Crippen LogP contribution in [0.25, 0.3) is 6.08 Å². The van der Waals surface area contributed by atoms with E-state index < -0.39 is 30.6 Å². The number of rotatable bonds is 7. The van der Waals surface area contributed by atoms with Gasteiger partial charge in [-0.15, -0.1) is 0 Å². The average molecular weight is 469 g/mol. The highest BCUT2D eigenvalue weighted by molar-refractivity contribution is 6.14. The lowest BCUT2D eigenvalue weighted by atomic mass is 10.1. The lowest BCUT2D eigenvalue weighted by molar-refractivity contribution is -0.148. The van der Waals surface area contributed by atoms with Crippen molar-refractivity contribution in [2.24, 2.45) is 0 Å². The highest BCUT2D eigenvalue weighted by Crippen LogP contribution is 2.36. The number of hydrogen-bond donors (Lipinski definition) is 2. The van der Waals surface area contributed by atoms with Crippen molar-refractivity contribution in [1.29, 1.82) is 0 Å². The van der Waals surface area contributed by atoms with Gasteiger partial charge < -0.3 is 34.1 Å². The number of methoxy groups -OCH3 is 2. The number of ether oxygens (including phenoxy) is 4. The number of aliphatic hydroxyl groups is 1. The van der Waals surface area contributed by atoms with Gasteiger partial charge in [-0.2, -0.15) is 0 Å². The number of carboxylic acid groups (broad SMARTS) is 1. The molecule has 2 aliphatic heterocycles. The number of nitrogens with zero attached hydrogens (tertiary/aromatic N) is 1. The summed E-state index contributed by atoms with van der Waals surface area (Å²) in [6, 6.07) is 8.61. The van der Waals surface area contributed by atoms with E-state index in [-0.39, 0.29) is 36.0 Å². The van der Waals surface area contributed by atoms with Gasteiger partial charge in [-0.1, -0.05) is 0 Å². The molecule has 0 bridgehead atoms. The Morgan fingerprint density at radius 3 is 2.62 bits per heavy atom. The van der Waals surface area contributed by atoms with Gasteiger partial charge in [-0.3, -0.25) is 9.59 Å². The number of aliphatic hydroxyl groups excluding tert-OH is 1. The SMILES string of the molecule is COc1ccc(OC)c(C=C2Oc3cc(OCC(=O)N4C[C@@H](O)C[C@H]4C(=O)O)ccc3C2=O)c1. The van der Waals surface area contributed by atoms with Gasteiger partial charge in [0, 0.05) is 24.6 Å². The van der Waals surface area contributed by atoms with Crippen molar-refractivity contribution < 1.29 is 43.5 Å². The molecule has 0 saturated carbocycles. The summed E-state index contributed by atoms with van der Waals surface area (Å²) in [7, 11) is 3.05. The molecule has 2 N–H and O–H groups in total. The zero-order valence-electron chi connectivity index (χ0n) is 18.5. The quantitative estimate of drug-likeness (QED) is 0.582. The molecule has 2 aromatic rings. The van der Waals surface area contributed by atoms with E-state index in [0.717, 1.165) is 4.90 Å². The van der Waals surface area contributed by atoms with Crippen LogP contribution in [0, 0.1) is 0 Å². The van der Waals surface area contributed by atoms with Crippen molar-refractivity contribution in [2.45, 2.75) is 18.6 Å². The molecular weight excluding hydrogens is 446 g/mol. The largest absolute Gasteiger partial charge is 0.497 e. The molecule has 2 aliphatic rings. The van der Waals surface area contributed by atoms with E-state index in [1.54, 1.807) is 24.3 Å². The minimum Gasteiger partial charge on any atom is -0.497 e. The second-order valence-electron chi connectivity index (χ2n) is 7.78. The summed E-state index contributed by atoms with van der Waals surface area (Å²) in [6.45, 7) is -0.490.